The zero-order valence-electron chi connectivity index (χ0n) is 21.2. The fourth-order valence-electron chi connectivity index (χ4n) is 3.61. The minimum absolute atomic E-state index is 0.0723. The summed E-state index contributed by atoms with van der Waals surface area (Å²) in [7, 11) is 0. The van der Waals surface area contributed by atoms with Crippen LogP contribution in [0.5, 0.6) is 0 Å². The number of aromatic carboxylic acids is 1. The van der Waals surface area contributed by atoms with E-state index >= 15 is 0 Å². The summed E-state index contributed by atoms with van der Waals surface area (Å²) in [5.41, 5.74) is 4.82. The van der Waals surface area contributed by atoms with Crippen LogP contribution >= 0.6 is 23.3 Å². The number of esters is 1. The molecule has 39 heavy (non-hydrogen) atoms. The second kappa shape index (κ2) is 11.4. The van der Waals surface area contributed by atoms with E-state index in [-0.39, 0.29) is 40.1 Å². The van der Waals surface area contributed by atoms with Gasteiger partial charge in [0.15, 0.2) is 24.1 Å². The summed E-state index contributed by atoms with van der Waals surface area (Å²) >= 11 is 2.31. The van der Waals surface area contributed by atoms with Crippen LogP contribution in [0.4, 0.5) is 5.13 Å². The number of carbonyl (C=O) groups excluding carboxylic acids is 4. The normalized spacial score (nSPS) is 18.9. The number of β-lactam (4-membered cyclic amide) rings is 1. The highest BCUT2D eigenvalue weighted by Gasteiger charge is 2.50. The van der Waals surface area contributed by atoms with Crippen LogP contribution < -0.4 is 20.7 Å². The van der Waals surface area contributed by atoms with Gasteiger partial charge in [-0.05, 0) is 20.8 Å². The fourth-order valence-corrected chi connectivity index (χ4v) is 5.29. The molecule has 2 aliphatic heterocycles. The van der Waals surface area contributed by atoms with E-state index in [1.54, 1.807) is 30.1 Å². The van der Waals surface area contributed by atoms with Crippen LogP contribution in [0, 0.1) is 0 Å². The first-order valence-corrected chi connectivity index (χ1v) is 13.5. The molecule has 0 spiro atoms. The number of thioether (sulfide) groups is 1. The Balaban J connectivity index is 1.44. The van der Waals surface area contributed by atoms with E-state index in [2.05, 4.69) is 19.8 Å². The third-order valence-corrected chi connectivity index (χ3v) is 7.56. The topological polar surface area (TPSA) is 193 Å². The van der Waals surface area contributed by atoms with Crippen LogP contribution in [0.1, 0.15) is 37.0 Å². The Morgan fingerprint density at radius 1 is 1.33 bits per heavy atom. The van der Waals surface area contributed by atoms with Gasteiger partial charge in [-0.1, -0.05) is 5.16 Å². The summed E-state index contributed by atoms with van der Waals surface area (Å²) in [5, 5.41) is 17.2. The summed E-state index contributed by atoms with van der Waals surface area (Å²) in [6.07, 6.45) is 4.97. The average molecular weight is 576 g/mol. The number of carboxylic acid groups (broad SMARTS) is 1. The standard InChI is InChI=1S/C23H25N7O7S2/c1-4-36-21(35)23(2,3)37-27-14(16-26-22(24)39-28-16)17(31)25-15-18(32)30-10-12(11-38-19(15)30)9-29-7-5-13(6-8-29)20(33)34/h5-8,10,15,19H,4,9,11H2,1-3H3,(H3-,24,25,26,28,31,33,34)/t15?,19-/m0/s1. The van der Waals surface area contributed by atoms with Crippen LogP contribution in [-0.2, 0) is 30.5 Å². The molecule has 0 radical (unpaired) electrons. The first-order valence-electron chi connectivity index (χ1n) is 11.7. The van der Waals surface area contributed by atoms with Gasteiger partial charge in [-0.25, -0.2) is 9.36 Å². The molecule has 0 saturated carbocycles. The van der Waals surface area contributed by atoms with Crippen molar-refractivity contribution < 1.29 is 38.4 Å². The van der Waals surface area contributed by atoms with E-state index in [0.717, 1.165) is 17.1 Å². The molecule has 4 heterocycles. The number of aromatic nitrogens is 3. The van der Waals surface area contributed by atoms with Crippen LogP contribution in [0.15, 0.2) is 41.5 Å². The summed E-state index contributed by atoms with van der Waals surface area (Å²) in [6, 6.07) is 2.04. The van der Waals surface area contributed by atoms with Crippen molar-refractivity contribution >= 4 is 57.9 Å². The average Bonchev–Trinajstić information content (AvgIpc) is 3.33. The number of rotatable bonds is 10. The lowest BCUT2D eigenvalue weighted by Crippen LogP contribution is -2.69. The lowest BCUT2D eigenvalue weighted by atomic mass is 10.1. The maximum Gasteiger partial charge on any atom is 0.352 e. The molecule has 0 bridgehead atoms. The highest BCUT2D eigenvalue weighted by molar-refractivity contribution is 8.00. The lowest BCUT2D eigenvalue weighted by molar-refractivity contribution is -0.689. The Morgan fingerprint density at radius 2 is 2.05 bits per heavy atom. The van der Waals surface area contributed by atoms with Gasteiger partial charge < -0.3 is 35.4 Å². The number of pyridine rings is 1. The quantitative estimate of drug-likeness (QED) is 0.114. The molecule has 2 aromatic heterocycles. The number of carbonyl (C=O) groups is 4. The molecular formula is C23H25N7O7S2. The van der Waals surface area contributed by atoms with Crippen molar-refractivity contribution in [2.75, 3.05) is 18.1 Å². The highest BCUT2D eigenvalue weighted by Crippen LogP contribution is 2.36. The minimum atomic E-state index is -1.50. The van der Waals surface area contributed by atoms with Crippen molar-refractivity contribution in [1.82, 2.24) is 19.6 Å². The molecule has 0 aromatic carbocycles. The number of ether oxygens (including phenoxy) is 1. The monoisotopic (exact) mass is 575 g/mol. The minimum Gasteiger partial charge on any atom is -0.545 e. The molecule has 1 fully saturated rings. The molecule has 3 N–H and O–H groups in total. The van der Waals surface area contributed by atoms with Crippen LogP contribution in [0.2, 0.25) is 0 Å². The van der Waals surface area contributed by atoms with Gasteiger partial charge in [0.05, 0.1) is 12.6 Å². The largest absolute Gasteiger partial charge is 0.545 e. The molecule has 4 rings (SSSR count). The van der Waals surface area contributed by atoms with Gasteiger partial charge in [-0.3, -0.25) is 9.59 Å². The van der Waals surface area contributed by atoms with E-state index < -0.39 is 29.5 Å². The Morgan fingerprint density at radius 3 is 2.67 bits per heavy atom. The number of nitrogen functional groups attached to an aromatic ring is 1. The number of carboxylic acids is 1. The maximum absolute atomic E-state index is 13.2. The molecule has 1 saturated heterocycles. The number of amides is 2. The van der Waals surface area contributed by atoms with E-state index in [4.69, 9.17) is 15.3 Å². The van der Waals surface area contributed by atoms with Crippen LogP contribution in [-0.4, -0.2) is 73.1 Å². The number of nitrogens with zero attached hydrogens (tertiary/aromatic N) is 5. The predicted octanol–water partition coefficient (Wildman–Crippen LogP) is -1.18. The smallest absolute Gasteiger partial charge is 0.352 e. The van der Waals surface area contributed by atoms with Crippen molar-refractivity contribution in [3.8, 4) is 0 Å². The van der Waals surface area contributed by atoms with Crippen LogP contribution in [0.25, 0.3) is 0 Å². The molecule has 0 aliphatic carbocycles. The van der Waals surface area contributed by atoms with Crippen LogP contribution in [0.3, 0.4) is 0 Å². The molecule has 2 atom stereocenters. The van der Waals surface area contributed by atoms with Gasteiger partial charge in [0.1, 0.15) is 11.4 Å². The van der Waals surface area contributed by atoms with Gasteiger partial charge >= 0.3 is 5.97 Å². The first-order chi connectivity index (χ1) is 18.5. The van der Waals surface area contributed by atoms with Crippen molar-refractivity contribution in [2.45, 2.75) is 44.3 Å². The summed E-state index contributed by atoms with van der Waals surface area (Å²) in [6.45, 7) is 5.09. The number of hydrogen-bond donors (Lipinski definition) is 2. The molecule has 16 heteroatoms. The van der Waals surface area contributed by atoms with E-state index in [9.17, 15) is 24.3 Å². The molecule has 2 amide bonds. The van der Waals surface area contributed by atoms with Crippen molar-refractivity contribution in [1.29, 1.82) is 0 Å². The SMILES string of the molecule is CCOC(=O)C(C)(C)ON=C(C(=O)NC1C(=O)N2C=C(C[n+]3ccc(C(=O)[O-])cc3)CS[C@@H]12)c1nsc(N)n1. The van der Waals surface area contributed by atoms with E-state index in [0.29, 0.717) is 12.3 Å². The Bertz CT molecular complexity index is 1360. The number of nitrogens with one attached hydrogen (secondary N) is 1. The first kappa shape index (κ1) is 28.0. The molecular weight excluding hydrogens is 550 g/mol. The number of nitrogens with two attached hydrogens (primary N) is 1. The van der Waals surface area contributed by atoms with Gasteiger partial charge in [0.25, 0.3) is 11.8 Å². The Kier molecular flexibility index (Phi) is 8.15. The molecule has 14 nitrogen and oxygen atoms in total. The zero-order valence-corrected chi connectivity index (χ0v) is 22.8. The molecule has 1 unspecified atom stereocenters. The van der Waals surface area contributed by atoms with Gasteiger partial charge in [-0.2, -0.15) is 9.36 Å². The number of hydrogen-bond acceptors (Lipinski definition) is 13. The highest BCUT2D eigenvalue weighted by atomic mass is 32.2. The fraction of sp³-hybridized carbons (Fsp3) is 0.391. The Hall–Kier alpha value is -4.05. The van der Waals surface area contributed by atoms with E-state index in [1.807, 2.05) is 0 Å². The molecule has 2 aromatic rings. The van der Waals surface area contributed by atoms with Gasteiger partial charge in [0.2, 0.25) is 17.1 Å². The third kappa shape index (κ3) is 6.17. The number of oxime groups is 1. The van der Waals surface area contributed by atoms with Gasteiger partial charge in [-0.15, -0.1) is 11.8 Å². The third-order valence-electron chi connectivity index (χ3n) is 5.64. The zero-order chi connectivity index (χ0) is 28.3. The number of fused-ring (bicyclic) bond motifs is 1. The second-order valence-corrected chi connectivity index (χ2v) is 10.8. The maximum atomic E-state index is 13.2. The van der Waals surface area contributed by atoms with Crippen molar-refractivity contribution in [3.05, 3.63) is 47.7 Å². The number of anilines is 1. The van der Waals surface area contributed by atoms with Crippen molar-refractivity contribution in [3.63, 3.8) is 0 Å². The second-order valence-electron chi connectivity index (χ2n) is 8.95. The van der Waals surface area contributed by atoms with Crippen molar-refractivity contribution in [2.24, 2.45) is 5.16 Å². The molecule has 206 valence electrons. The summed E-state index contributed by atoms with van der Waals surface area (Å²) in [5.74, 6) is -2.57. The predicted molar refractivity (Wildman–Crippen MR) is 137 cm³/mol. The molecule has 2 aliphatic rings. The summed E-state index contributed by atoms with van der Waals surface area (Å²) < 4.78 is 10.8. The Labute approximate surface area is 231 Å². The summed E-state index contributed by atoms with van der Waals surface area (Å²) in [4.78, 5) is 60.0. The van der Waals surface area contributed by atoms with E-state index in [1.165, 1.54) is 42.6 Å². The van der Waals surface area contributed by atoms with Gasteiger partial charge in [0, 0.05) is 46.8 Å². The lowest BCUT2D eigenvalue weighted by Gasteiger charge is -2.47.